The Morgan fingerprint density at radius 1 is 1.42 bits per heavy atom. The van der Waals surface area contributed by atoms with Crippen molar-refractivity contribution in [3.8, 4) is 0 Å². The standard InChI is InChI=1S/C14H24N2O3/c1-13(2,3)19-12(18)16-10-5-4-6-14(9-10)7-8-15-11(14)17/h10H,4-9H2,1-3H3,(H,15,17)(H,16,18). The second-order valence-corrected chi connectivity index (χ2v) is 6.73. The van der Waals surface area contributed by atoms with Crippen LogP contribution in [0.1, 0.15) is 52.9 Å². The van der Waals surface area contributed by atoms with Crippen LogP contribution in [0.4, 0.5) is 4.79 Å². The first-order chi connectivity index (χ1) is 8.81. The summed E-state index contributed by atoms with van der Waals surface area (Å²) in [5, 5.41) is 5.82. The predicted molar refractivity (Wildman–Crippen MR) is 71.7 cm³/mol. The zero-order valence-electron chi connectivity index (χ0n) is 12.0. The molecule has 2 N–H and O–H groups in total. The topological polar surface area (TPSA) is 67.4 Å². The van der Waals surface area contributed by atoms with Crippen LogP contribution in [0.3, 0.4) is 0 Å². The Hall–Kier alpha value is -1.26. The molecule has 0 aromatic carbocycles. The summed E-state index contributed by atoms with van der Waals surface area (Å²) in [6, 6.07) is 0.0486. The first kappa shape index (κ1) is 14.2. The van der Waals surface area contributed by atoms with Crippen molar-refractivity contribution in [1.29, 1.82) is 0 Å². The van der Waals surface area contributed by atoms with Crippen molar-refractivity contribution in [1.82, 2.24) is 10.6 Å². The molecule has 2 fully saturated rings. The lowest BCUT2D eigenvalue weighted by atomic mass is 9.71. The van der Waals surface area contributed by atoms with E-state index in [4.69, 9.17) is 4.74 Å². The summed E-state index contributed by atoms with van der Waals surface area (Å²) in [6.45, 7) is 6.30. The first-order valence-electron chi connectivity index (χ1n) is 7.09. The monoisotopic (exact) mass is 268 g/mol. The molecule has 108 valence electrons. The summed E-state index contributed by atoms with van der Waals surface area (Å²) in [4.78, 5) is 23.7. The molecule has 1 spiro atoms. The molecule has 2 rings (SSSR count). The highest BCUT2D eigenvalue weighted by Gasteiger charge is 2.45. The van der Waals surface area contributed by atoms with Crippen LogP contribution in [0.5, 0.6) is 0 Å². The number of amides is 2. The zero-order chi connectivity index (χ0) is 14.1. The number of carbonyl (C=O) groups is 2. The second kappa shape index (κ2) is 5.02. The van der Waals surface area contributed by atoms with E-state index in [1.165, 1.54) is 0 Å². The van der Waals surface area contributed by atoms with E-state index < -0.39 is 5.60 Å². The maximum atomic E-state index is 12.0. The smallest absolute Gasteiger partial charge is 0.407 e. The van der Waals surface area contributed by atoms with Gasteiger partial charge in [-0.05, 0) is 46.5 Å². The van der Waals surface area contributed by atoms with Crippen LogP contribution in [-0.4, -0.2) is 30.2 Å². The third-order valence-electron chi connectivity index (χ3n) is 3.94. The summed E-state index contributed by atoms with van der Waals surface area (Å²) >= 11 is 0. The number of hydrogen-bond donors (Lipinski definition) is 2. The van der Waals surface area contributed by atoms with Gasteiger partial charge in [0.25, 0.3) is 0 Å². The van der Waals surface area contributed by atoms with Crippen molar-refractivity contribution in [2.45, 2.75) is 64.5 Å². The highest BCUT2D eigenvalue weighted by Crippen LogP contribution is 2.41. The number of rotatable bonds is 1. The third-order valence-corrected chi connectivity index (χ3v) is 3.94. The third kappa shape index (κ3) is 3.39. The van der Waals surface area contributed by atoms with E-state index in [9.17, 15) is 9.59 Å². The highest BCUT2D eigenvalue weighted by molar-refractivity contribution is 5.85. The molecule has 0 aromatic rings. The van der Waals surface area contributed by atoms with E-state index in [1.54, 1.807) is 0 Å². The van der Waals surface area contributed by atoms with Crippen LogP contribution in [0.25, 0.3) is 0 Å². The molecule has 0 radical (unpaired) electrons. The Morgan fingerprint density at radius 3 is 2.74 bits per heavy atom. The second-order valence-electron chi connectivity index (χ2n) is 6.73. The average molecular weight is 268 g/mol. The first-order valence-corrected chi connectivity index (χ1v) is 7.09. The van der Waals surface area contributed by atoms with E-state index in [2.05, 4.69) is 10.6 Å². The molecule has 2 aliphatic rings. The van der Waals surface area contributed by atoms with Gasteiger partial charge in [-0.15, -0.1) is 0 Å². The van der Waals surface area contributed by atoms with Crippen molar-refractivity contribution in [2.24, 2.45) is 5.41 Å². The number of alkyl carbamates (subject to hydrolysis) is 1. The maximum absolute atomic E-state index is 12.0. The molecular formula is C14H24N2O3. The molecule has 0 aromatic heterocycles. The van der Waals surface area contributed by atoms with Crippen LogP contribution in [-0.2, 0) is 9.53 Å². The van der Waals surface area contributed by atoms with Gasteiger partial charge in [-0.2, -0.15) is 0 Å². The molecule has 2 unspecified atom stereocenters. The zero-order valence-corrected chi connectivity index (χ0v) is 12.0. The van der Waals surface area contributed by atoms with E-state index >= 15 is 0 Å². The molecule has 1 saturated heterocycles. The van der Waals surface area contributed by atoms with E-state index in [0.717, 1.165) is 38.6 Å². The molecule has 19 heavy (non-hydrogen) atoms. The Bertz CT molecular complexity index is 375. The average Bonchev–Trinajstić information content (AvgIpc) is 2.57. The van der Waals surface area contributed by atoms with Crippen molar-refractivity contribution >= 4 is 12.0 Å². The van der Waals surface area contributed by atoms with Gasteiger partial charge >= 0.3 is 6.09 Å². The van der Waals surface area contributed by atoms with Gasteiger partial charge in [0.1, 0.15) is 5.60 Å². The Kier molecular flexibility index (Phi) is 3.74. The van der Waals surface area contributed by atoms with Gasteiger partial charge in [0.2, 0.25) is 5.91 Å². The Balaban J connectivity index is 1.91. The van der Waals surface area contributed by atoms with Crippen LogP contribution in [0.2, 0.25) is 0 Å². The highest BCUT2D eigenvalue weighted by atomic mass is 16.6. The van der Waals surface area contributed by atoms with E-state index in [-0.39, 0.29) is 23.5 Å². The summed E-state index contributed by atoms with van der Waals surface area (Å²) in [5.41, 5.74) is -0.737. The van der Waals surface area contributed by atoms with E-state index in [1.807, 2.05) is 20.8 Å². The molecular weight excluding hydrogens is 244 g/mol. The minimum absolute atomic E-state index is 0.0486. The number of ether oxygens (including phenoxy) is 1. The van der Waals surface area contributed by atoms with Crippen LogP contribution in [0, 0.1) is 5.41 Å². The lowest BCUT2D eigenvalue weighted by Crippen LogP contribution is -2.46. The molecule has 2 atom stereocenters. The van der Waals surface area contributed by atoms with Gasteiger partial charge in [0.05, 0.1) is 5.41 Å². The Labute approximate surface area is 114 Å². The molecule has 1 saturated carbocycles. The number of hydrogen-bond acceptors (Lipinski definition) is 3. The Morgan fingerprint density at radius 2 is 2.16 bits per heavy atom. The number of carbonyl (C=O) groups excluding carboxylic acids is 2. The van der Waals surface area contributed by atoms with Crippen LogP contribution in [0.15, 0.2) is 0 Å². The quantitative estimate of drug-likeness (QED) is 0.764. The minimum atomic E-state index is -0.485. The fraction of sp³-hybridized carbons (Fsp3) is 0.857. The maximum Gasteiger partial charge on any atom is 0.407 e. The van der Waals surface area contributed by atoms with Crippen LogP contribution < -0.4 is 10.6 Å². The van der Waals surface area contributed by atoms with Crippen molar-refractivity contribution in [3.05, 3.63) is 0 Å². The van der Waals surface area contributed by atoms with E-state index in [0.29, 0.717) is 0 Å². The fourth-order valence-electron chi connectivity index (χ4n) is 3.11. The predicted octanol–water partition coefficient (Wildman–Crippen LogP) is 1.96. The lowest BCUT2D eigenvalue weighted by Gasteiger charge is -2.36. The normalized spacial score (nSPS) is 31.1. The fourth-order valence-corrected chi connectivity index (χ4v) is 3.11. The van der Waals surface area contributed by atoms with Gasteiger partial charge in [0.15, 0.2) is 0 Å². The van der Waals surface area contributed by atoms with Crippen molar-refractivity contribution in [3.63, 3.8) is 0 Å². The van der Waals surface area contributed by atoms with Gasteiger partial charge in [-0.3, -0.25) is 4.79 Å². The SMILES string of the molecule is CC(C)(C)OC(=O)NC1CCCC2(CCNC2=O)C1. The van der Waals surface area contributed by atoms with Gasteiger partial charge in [-0.25, -0.2) is 4.79 Å². The molecule has 2 amide bonds. The number of nitrogens with one attached hydrogen (secondary N) is 2. The van der Waals surface area contributed by atoms with Gasteiger partial charge in [-0.1, -0.05) is 6.42 Å². The molecule has 1 aliphatic heterocycles. The summed E-state index contributed by atoms with van der Waals surface area (Å²) < 4.78 is 5.27. The van der Waals surface area contributed by atoms with Crippen molar-refractivity contribution < 1.29 is 14.3 Å². The summed E-state index contributed by atoms with van der Waals surface area (Å²) in [6.07, 6.45) is 4.08. The largest absolute Gasteiger partial charge is 0.444 e. The molecule has 5 heteroatoms. The molecule has 0 bridgehead atoms. The minimum Gasteiger partial charge on any atom is -0.444 e. The summed E-state index contributed by atoms with van der Waals surface area (Å²) in [5.74, 6) is 0.156. The molecule has 1 aliphatic carbocycles. The van der Waals surface area contributed by atoms with Gasteiger partial charge < -0.3 is 15.4 Å². The van der Waals surface area contributed by atoms with Gasteiger partial charge in [0, 0.05) is 12.6 Å². The lowest BCUT2D eigenvalue weighted by molar-refractivity contribution is -0.129. The van der Waals surface area contributed by atoms with Crippen molar-refractivity contribution in [2.75, 3.05) is 6.54 Å². The molecule has 1 heterocycles. The summed E-state index contributed by atoms with van der Waals surface area (Å²) in [7, 11) is 0. The van der Waals surface area contributed by atoms with Crippen LogP contribution >= 0.6 is 0 Å². The molecule has 5 nitrogen and oxygen atoms in total.